The van der Waals surface area contributed by atoms with Crippen LogP contribution in [0, 0.1) is 5.41 Å². The summed E-state index contributed by atoms with van der Waals surface area (Å²) in [4.78, 5) is 35.7. The molecular formula is C71H76Cl2N2O7S2. The van der Waals surface area contributed by atoms with Crippen LogP contribution < -0.4 is 0 Å². The molecule has 2 heterocycles. The molecule has 4 N–H and O–H groups in total. The fourth-order valence-corrected chi connectivity index (χ4v) is 14.5. The van der Waals surface area contributed by atoms with Gasteiger partial charge in [0.15, 0.2) is 0 Å². The molecule has 84 heavy (non-hydrogen) atoms. The van der Waals surface area contributed by atoms with Gasteiger partial charge >= 0.3 is 11.9 Å². The number of nitrogens with zero attached hydrogens (tertiary/aromatic N) is 2. The number of carboxylic acid groups (broad SMARTS) is 2. The first-order chi connectivity index (χ1) is 40.1. The van der Waals surface area contributed by atoms with Crippen molar-refractivity contribution in [1.29, 1.82) is 0 Å². The second-order valence-electron chi connectivity index (χ2n) is 23.1. The smallest absolute Gasteiger partial charge is 0.304 e. The average molecular weight is 1200 g/mol. The molecule has 2 unspecified atom stereocenters. The first kappa shape index (κ1) is 63.7. The molecule has 4 atom stereocenters. The number of hydrogen-bond donors (Lipinski definition) is 4. The highest BCUT2D eigenvalue weighted by atomic mass is 35.5. The predicted molar refractivity (Wildman–Crippen MR) is 351 cm³/mol. The SMILES string of the molecule is CCC(COCC(CC)(CC(=O)O)S[C@H](CCc1ccccc1C(C)(C)O)c1cccc(/C=C/c2ccc3ccc(Cl)cc3n2)c1)(CS[C@H](CCc1ccccc1C(C)(C)O)c1cccc(/C=C/c2ccc3ccc(Cl)cc3n2)c1)CC(=O)O. The van der Waals surface area contributed by atoms with Gasteiger partial charge in [0.05, 0.1) is 64.4 Å². The minimum absolute atomic E-state index is 0.0745. The van der Waals surface area contributed by atoms with Gasteiger partial charge in [0.2, 0.25) is 0 Å². The summed E-state index contributed by atoms with van der Waals surface area (Å²) in [5, 5.41) is 46.7. The molecular weight excluding hydrogens is 1130 g/mol. The van der Waals surface area contributed by atoms with Gasteiger partial charge in [-0.25, -0.2) is 9.97 Å². The van der Waals surface area contributed by atoms with Crippen molar-refractivity contribution in [2.45, 2.75) is 119 Å². The number of thioether (sulfide) groups is 2. The lowest BCUT2D eigenvalue weighted by molar-refractivity contribution is -0.140. The lowest BCUT2D eigenvalue weighted by Crippen LogP contribution is -2.38. The third-order valence-corrected chi connectivity index (χ3v) is 19.7. The summed E-state index contributed by atoms with van der Waals surface area (Å²) in [7, 11) is 0. The molecule has 0 radical (unpaired) electrons. The van der Waals surface area contributed by atoms with Gasteiger partial charge in [-0.1, -0.05) is 171 Å². The van der Waals surface area contributed by atoms with Gasteiger partial charge in [-0.15, -0.1) is 11.8 Å². The Bertz CT molecular complexity index is 3630. The number of aryl methyl sites for hydroxylation is 2. The molecule has 0 saturated heterocycles. The Balaban J connectivity index is 1.07. The Hall–Kier alpha value is -6.28. The monoisotopic (exact) mass is 1200 g/mol. The van der Waals surface area contributed by atoms with E-state index in [9.17, 15) is 30.0 Å². The van der Waals surface area contributed by atoms with E-state index >= 15 is 0 Å². The molecule has 0 aliphatic heterocycles. The van der Waals surface area contributed by atoms with Gasteiger partial charge in [-0.2, -0.15) is 11.8 Å². The number of aliphatic hydroxyl groups is 2. The summed E-state index contributed by atoms with van der Waals surface area (Å²) in [5.74, 6) is -1.43. The number of hydrogen-bond acceptors (Lipinski definition) is 9. The number of carboxylic acids is 2. The van der Waals surface area contributed by atoms with Gasteiger partial charge in [0, 0.05) is 42.5 Å². The largest absolute Gasteiger partial charge is 0.481 e. The van der Waals surface area contributed by atoms with Crippen LogP contribution in [0.25, 0.3) is 46.1 Å². The van der Waals surface area contributed by atoms with Crippen molar-refractivity contribution in [3.8, 4) is 0 Å². The second-order valence-corrected chi connectivity index (χ2v) is 26.8. The Morgan fingerprint density at radius 1 is 0.560 bits per heavy atom. The second kappa shape index (κ2) is 28.7. The van der Waals surface area contributed by atoms with Crippen LogP contribution in [0.1, 0.15) is 146 Å². The van der Waals surface area contributed by atoms with Gasteiger partial charge in [0.1, 0.15) is 0 Å². The molecule has 0 fully saturated rings. The lowest BCUT2D eigenvalue weighted by atomic mass is 9.84. The van der Waals surface area contributed by atoms with Gasteiger partial charge in [-0.3, -0.25) is 9.59 Å². The van der Waals surface area contributed by atoms with Crippen molar-refractivity contribution in [2.75, 3.05) is 19.0 Å². The van der Waals surface area contributed by atoms with E-state index in [0.717, 1.165) is 77.7 Å². The highest BCUT2D eigenvalue weighted by Crippen LogP contribution is 2.48. The highest BCUT2D eigenvalue weighted by Gasteiger charge is 2.39. The van der Waals surface area contributed by atoms with Crippen LogP contribution in [0.4, 0.5) is 0 Å². The van der Waals surface area contributed by atoms with E-state index in [2.05, 4.69) is 36.4 Å². The van der Waals surface area contributed by atoms with E-state index in [0.29, 0.717) is 54.3 Å². The summed E-state index contributed by atoms with van der Waals surface area (Å²) in [5.41, 5.74) is 8.03. The zero-order chi connectivity index (χ0) is 60.1. The maximum absolute atomic E-state index is 13.1. The third-order valence-electron chi connectivity index (χ3n) is 15.7. The number of halogens is 2. The highest BCUT2D eigenvalue weighted by molar-refractivity contribution is 8.01. The molecule has 0 bridgehead atoms. The summed E-state index contributed by atoms with van der Waals surface area (Å²) in [6.45, 7) is 11.4. The van der Waals surface area contributed by atoms with E-state index in [1.807, 2.05) is 159 Å². The van der Waals surface area contributed by atoms with Gasteiger partial charge in [-0.05, 0) is 159 Å². The van der Waals surface area contributed by atoms with Crippen LogP contribution in [-0.4, -0.2) is 66.0 Å². The number of aromatic nitrogens is 2. The number of rotatable bonds is 29. The maximum atomic E-state index is 13.1. The van der Waals surface area contributed by atoms with Crippen molar-refractivity contribution in [3.05, 3.63) is 224 Å². The Morgan fingerprint density at radius 2 is 1.04 bits per heavy atom. The minimum Gasteiger partial charge on any atom is -0.481 e. The molecule has 13 heteroatoms. The molecule has 0 aliphatic rings. The van der Waals surface area contributed by atoms with Crippen molar-refractivity contribution in [2.24, 2.45) is 5.41 Å². The van der Waals surface area contributed by atoms with Crippen LogP contribution in [0.5, 0.6) is 0 Å². The van der Waals surface area contributed by atoms with Crippen molar-refractivity contribution in [3.63, 3.8) is 0 Å². The van der Waals surface area contributed by atoms with Crippen molar-refractivity contribution >= 4 is 105 Å². The first-order valence-electron chi connectivity index (χ1n) is 28.7. The molecule has 8 aromatic rings. The Kier molecular flexibility index (Phi) is 21.8. The molecule has 438 valence electrons. The van der Waals surface area contributed by atoms with Crippen LogP contribution in [0.3, 0.4) is 0 Å². The zero-order valence-electron chi connectivity index (χ0n) is 48.7. The molecule has 8 rings (SSSR count). The van der Waals surface area contributed by atoms with E-state index in [1.54, 1.807) is 51.2 Å². The molecule has 0 aliphatic carbocycles. The van der Waals surface area contributed by atoms with Crippen LogP contribution in [-0.2, 0) is 38.4 Å². The van der Waals surface area contributed by atoms with Crippen LogP contribution >= 0.6 is 46.7 Å². The average Bonchev–Trinajstić information content (AvgIpc) is 3.31. The fraction of sp³-hybridized carbons (Fsp3) is 0.324. The van der Waals surface area contributed by atoms with Crippen LogP contribution in [0.2, 0.25) is 10.0 Å². The lowest BCUT2D eigenvalue weighted by Gasteiger charge is -2.37. The molecule has 0 spiro atoms. The van der Waals surface area contributed by atoms with E-state index in [4.69, 9.17) is 37.9 Å². The summed E-state index contributed by atoms with van der Waals surface area (Å²) < 4.78 is 5.92. The molecule has 0 amide bonds. The van der Waals surface area contributed by atoms with Gasteiger partial charge in [0.25, 0.3) is 0 Å². The number of benzene rings is 6. The molecule has 2 aromatic heterocycles. The minimum atomic E-state index is -1.08. The fourth-order valence-electron chi connectivity index (χ4n) is 10.9. The Morgan fingerprint density at radius 3 is 1.51 bits per heavy atom. The standard InChI is InChI=1S/C71H76Cl2N2O7S2/c1-7-70(43-66(76)77,47-83-64(37-29-50-17-9-11-21-60(50)68(3,4)80)54-19-13-15-48(39-54)23-33-58-35-27-52-25-31-56(72)41-62(52)74-58)45-82-46-71(8-2,44-67(78)79)84-65(38-30-51-18-10-12-22-61(51)69(5,6)81)55-20-14-16-49(40-55)24-34-59-36-28-53-26-32-57(73)42-63(53)75-59/h9-28,31-36,39-42,64-65,80-81H,7-8,29-30,37-38,43-47H2,1-6H3,(H,76,77)(H,78,79)/b33-23+,34-24+/t64-,65-,70?,71?/m1/s1. The first-order valence-corrected chi connectivity index (χ1v) is 31.4. The normalized spacial score (nSPS) is 14.5. The Labute approximate surface area is 513 Å². The number of ether oxygens (including phenoxy) is 1. The van der Waals surface area contributed by atoms with Crippen molar-refractivity contribution in [1.82, 2.24) is 9.97 Å². The summed E-state index contributed by atoms with van der Waals surface area (Å²) in [6.07, 6.45) is 11.3. The summed E-state index contributed by atoms with van der Waals surface area (Å²) in [6, 6.07) is 51.9. The van der Waals surface area contributed by atoms with E-state index in [-0.39, 0.29) is 36.6 Å². The number of aliphatic carboxylic acids is 2. The molecule has 6 aromatic carbocycles. The predicted octanol–water partition coefficient (Wildman–Crippen LogP) is 17.9. The molecule has 9 nitrogen and oxygen atoms in total. The quantitative estimate of drug-likeness (QED) is 0.0355. The summed E-state index contributed by atoms with van der Waals surface area (Å²) >= 11 is 15.9. The topological polar surface area (TPSA) is 150 Å². The maximum Gasteiger partial charge on any atom is 0.304 e. The van der Waals surface area contributed by atoms with Crippen molar-refractivity contribution < 1.29 is 34.8 Å². The van der Waals surface area contributed by atoms with E-state index in [1.165, 1.54) is 0 Å². The van der Waals surface area contributed by atoms with E-state index < -0.39 is 33.3 Å². The number of carbonyl (C=O) groups is 2. The third kappa shape index (κ3) is 17.7. The zero-order valence-corrected chi connectivity index (χ0v) is 51.9. The van der Waals surface area contributed by atoms with Gasteiger partial charge < -0.3 is 25.2 Å². The molecule has 0 saturated carbocycles. The number of fused-ring (bicyclic) bond motifs is 2. The van der Waals surface area contributed by atoms with Crippen LogP contribution in [0.15, 0.2) is 158 Å². The number of pyridine rings is 2.